The summed E-state index contributed by atoms with van der Waals surface area (Å²) in [5.74, 6) is 0. The predicted molar refractivity (Wildman–Crippen MR) is 71.9 cm³/mol. The van der Waals surface area contributed by atoms with E-state index in [0.29, 0.717) is 18.2 Å². The molecule has 0 aliphatic carbocycles. The number of hydrogen-bond donors (Lipinski definition) is 2. The molecule has 0 bridgehead atoms. The Bertz CT molecular complexity index is 408. The maximum absolute atomic E-state index is 12.0. The summed E-state index contributed by atoms with van der Waals surface area (Å²) in [5.41, 5.74) is 1.02. The van der Waals surface area contributed by atoms with Crippen LogP contribution in [-0.2, 0) is 6.42 Å². The van der Waals surface area contributed by atoms with E-state index >= 15 is 0 Å². The van der Waals surface area contributed by atoms with Gasteiger partial charge in [-0.05, 0) is 19.3 Å². The molecule has 1 aliphatic rings. The second-order valence-electron chi connectivity index (χ2n) is 4.57. The summed E-state index contributed by atoms with van der Waals surface area (Å²) in [6.07, 6.45) is 3.23. The summed E-state index contributed by atoms with van der Waals surface area (Å²) < 4.78 is 0. The lowest BCUT2D eigenvalue weighted by molar-refractivity contribution is 0.0883. The molecule has 1 aromatic rings. The molecule has 0 aromatic carbocycles. The minimum atomic E-state index is -0.392. The SMILES string of the molecule is CCCc1csc(NC(=O)N2CCCC(O)C2)n1. The average molecular weight is 269 g/mol. The Balaban J connectivity index is 1.89. The zero-order valence-electron chi connectivity index (χ0n) is 10.6. The summed E-state index contributed by atoms with van der Waals surface area (Å²) in [5, 5.41) is 14.9. The van der Waals surface area contributed by atoms with E-state index in [4.69, 9.17) is 0 Å². The number of β-amino-alcohol motifs (C(OH)–C–C–N with tert-alkyl or cyclic N) is 1. The quantitative estimate of drug-likeness (QED) is 0.883. The van der Waals surface area contributed by atoms with Crippen molar-refractivity contribution in [3.63, 3.8) is 0 Å². The van der Waals surface area contributed by atoms with E-state index in [1.807, 2.05) is 5.38 Å². The number of thiazole rings is 1. The highest BCUT2D eigenvalue weighted by Crippen LogP contribution is 2.18. The van der Waals surface area contributed by atoms with Gasteiger partial charge in [0, 0.05) is 18.5 Å². The van der Waals surface area contributed by atoms with Crippen LogP contribution in [0.3, 0.4) is 0 Å². The zero-order chi connectivity index (χ0) is 13.0. The topological polar surface area (TPSA) is 65.5 Å². The van der Waals surface area contributed by atoms with Crippen LogP contribution in [0.1, 0.15) is 31.9 Å². The average Bonchev–Trinajstić information content (AvgIpc) is 2.77. The number of nitrogens with zero attached hydrogens (tertiary/aromatic N) is 2. The van der Waals surface area contributed by atoms with Crippen LogP contribution in [0.2, 0.25) is 0 Å². The Hall–Kier alpha value is -1.14. The lowest BCUT2D eigenvalue weighted by Gasteiger charge is -2.29. The number of carbonyl (C=O) groups excluding carboxylic acids is 1. The van der Waals surface area contributed by atoms with Crippen LogP contribution in [0.15, 0.2) is 5.38 Å². The minimum absolute atomic E-state index is 0.161. The van der Waals surface area contributed by atoms with E-state index in [1.165, 1.54) is 11.3 Å². The summed E-state index contributed by atoms with van der Waals surface area (Å²) in [6, 6.07) is -0.161. The third kappa shape index (κ3) is 3.43. The molecule has 1 unspecified atom stereocenters. The van der Waals surface area contributed by atoms with Gasteiger partial charge in [-0.2, -0.15) is 0 Å². The van der Waals surface area contributed by atoms with Gasteiger partial charge >= 0.3 is 6.03 Å². The molecule has 1 atom stereocenters. The van der Waals surface area contributed by atoms with Gasteiger partial charge in [-0.3, -0.25) is 5.32 Å². The Labute approximate surface area is 111 Å². The third-order valence-electron chi connectivity index (χ3n) is 2.96. The van der Waals surface area contributed by atoms with Crippen molar-refractivity contribution < 1.29 is 9.90 Å². The standard InChI is InChI=1S/C12H19N3O2S/c1-2-4-9-8-18-11(13-9)14-12(17)15-6-3-5-10(16)7-15/h8,10,16H,2-7H2,1H3,(H,13,14,17). The molecule has 0 radical (unpaired) electrons. The fraction of sp³-hybridized carbons (Fsp3) is 0.667. The number of aliphatic hydroxyl groups is 1. The van der Waals surface area contributed by atoms with Crippen molar-refractivity contribution in [2.75, 3.05) is 18.4 Å². The van der Waals surface area contributed by atoms with Crippen molar-refractivity contribution in [3.05, 3.63) is 11.1 Å². The first kappa shape index (κ1) is 13.3. The molecule has 1 fully saturated rings. The minimum Gasteiger partial charge on any atom is -0.391 e. The van der Waals surface area contributed by atoms with Gasteiger partial charge in [0.1, 0.15) is 0 Å². The molecule has 0 saturated carbocycles. The molecule has 6 heteroatoms. The van der Waals surface area contributed by atoms with E-state index in [2.05, 4.69) is 17.2 Å². The summed E-state index contributed by atoms with van der Waals surface area (Å²) in [7, 11) is 0. The van der Waals surface area contributed by atoms with Crippen LogP contribution in [0.4, 0.5) is 9.93 Å². The number of hydrogen-bond acceptors (Lipinski definition) is 4. The van der Waals surface area contributed by atoms with Crippen molar-refractivity contribution >= 4 is 22.5 Å². The van der Waals surface area contributed by atoms with Gasteiger partial charge in [0.25, 0.3) is 0 Å². The molecule has 1 aliphatic heterocycles. The number of aromatic nitrogens is 1. The van der Waals surface area contributed by atoms with E-state index in [9.17, 15) is 9.90 Å². The highest BCUT2D eigenvalue weighted by atomic mass is 32.1. The van der Waals surface area contributed by atoms with Crippen LogP contribution < -0.4 is 5.32 Å². The molecule has 2 heterocycles. The molecule has 0 spiro atoms. The molecule has 18 heavy (non-hydrogen) atoms. The van der Waals surface area contributed by atoms with Gasteiger partial charge in [0.2, 0.25) is 0 Å². The van der Waals surface area contributed by atoms with Crippen molar-refractivity contribution in [2.24, 2.45) is 0 Å². The molecule has 2 N–H and O–H groups in total. The normalized spacial score (nSPS) is 19.9. The van der Waals surface area contributed by atoms with E-state index in [1.54, 1.807) is 4.90 Å². The summed E-state index contributed by atoms with van der Waals surface area (Å²) in [6.45, 7) is 3.22. The van der Waals surface area contributed by atoms with E-state index in [0.717, 1.165) is 31.4 Å². The van der Waals surface area contributed by atoms with Gasteiger partial charge in [-0.25, -0.2) is 9.78 Å². The molecule has 100 valence electrons. The number of amides is 2. The van der Waals surface area contributed by atoms with Crippen LogP contribution in [0.25, 0.3) is 0 Å². The maximum atomic E-state index is 12.0. The van der Waals surface area contributed by atoms with Crippen molar-refractivity contribution in [3.8, 4) is 0 Å². The lowest BCUT2D eigenvalue weighted by atomic mass is 10.1. The highest BCUT2D eigenvalue weighted by Gasteiger charge is 2.22. The maximum Gasteiger partial charge on any atom is 0.323 e. The van der Waals surface area contributed by atoms with Crippen LogP contribution in [0, 0.1) is 0 Å². The number of nitrogens with one attached hydrogen (secondary N) is 1. The molecule has 1 aromatic heterocycles. The van der Waals surface area contributed by atoms with Gasteiger partial charge in [-0.1, -0.05) is 13.3 Å². The number of aliphatic hydroxyl groups excluding tert-OH is 1. The van der Waals surface area contributed by atoms with Crippen molar-refractivity contribution in [1.29, 1.82) is 0 Å². The first-order valence-corrected chi connectivity index (χ1v) is 7.25. The molecular weight excluding hydrogens is 250 g/mol. The lowest BCUT2D eigenvalue weighted by Crippen LogP contribution is -2.44. The zero-order valence-corrected chi connectivity index (χ0v) is 11.4. The number of carbonyl (C=O) groups is 1. The van der Waals surface area contributed by atoms with Crippen molar-refractivity contribution in [2.45, 2.75) is 38.7 Å². The largest absolute Gasteiger partial charge is 0.391 e. The van der Waals surface area contributed by atoms with Gasteiger partial charge in [-0.15, -0.1) is 11.3 Å². The number of aryl methyl sites for hydroxylation is 1. The molecule has 5 nitrogen and oxygen atoms in total. The first-order valence-electron chi connectivity index (χ1n) is 6.37. The monoisotopic (exact) mass is 269 g/mol. The summed E-state index contributed by atoms with van der Waals surface area (Å²) in [4.78, 5) is 17.9. The fourth-order valence-corrected chi connectivity index (χ4v) is 2.78. The van der Waals surface area contributed by atoms with Crippen LogP contribution >= 0.6 is 11.3 Å². The third-order valence-corrected chi connectivity index (χ3v) is 3.76. The smallest absolute Gasteiger partial charge is 0.323 e. The molecule has 1 saturated heterocycles. The van der Waals surface area contributed by atoms with Gasteiger partial charge < -0.3 is 10.0 Å². The number of piperidine rings is 1. The van der Waals surface area contributed by atoms with Gasteiger partial charge in [0.15, 0.2) is 5.13 Å². The molecular formula is C12H19N3O2S. The summed E-state index contributed by atoms with van der Waals surface area (Å²) >= 11 is 1.45. The number of likely N-dealkylation sites (tertiary alicyclic amines) is 1. The van der Waals surface area contributed by atoms with Crippen molar-refractivity contribution in [1.82, 2.24) is 9.88 Å². The fourth-order valence-electron chi connectivity index (χ4n) is 2.05. The molecule has 2 rings (SSSR count). The van der Waals surface area contributed by atoms with Crippen LogP contribution in [0.5, 0.6) is 0 Å². The Kier molecular flexibility index (Phi) is 4.54. The second-order valence-corrected chi connectivity index (χ2v) is 5.42. The van der Waals surface area contributed by atoms with E-state index < -0.39 is 6.10 Å². The highest BCUT2D eigenvalue weighted by molar-refractivity contribution is 7.13. The van der Waals surface area contributed by atoms with Crippen LogP contribution in [-0.4, -0.2) is 40.2 Å². The molecule has 2 amide bonds. The number of urea groups is 1. The Morgan fingerprint density at radius 3 is 3.28 bits per heavy atom. The van der Waals surface area contributed by atoms with Gasteiger partial charge in [0.05, 0.1) is 11.8 Å². The predicted octanol–water partition coefficient (Wildman–Crippen LogP) is 2.08. The van der Waals surface area contributed by atoms with E-state index in [-0.39, 0.29) is 6.03 Å². The second kappa shape index (κ2) is 6.15. The Morgan fingerprint density at radius 2 is 2.56 bits per heavy atom. The number of anilines is 1. The number of rotatable bonds is 3. The first-order chi connectivity index (χ1) is 8.69. The Morgan fingerprint density at radius 1 is 1.72 bits per heavy atom.